The molecule has 0 saturated carbocycles. The van der Waals surface area contributed by atoms with Gasteiger partial charge in [-0.15, -0.1) is 0 Å². The summed E-state index contributed by atoms with van der Waals surface area (Å²) < 4.78 is 18.3. The summed E-state index contributed by atoms with van der Waals surface area (Å²) in [5.74, 6) is -0.155. The number of benzene rings is 2. The van der Waals surface area contributed by atoms with Crippen LogP contribution in [0.4, 0.5) is 10.1 Å². The molecule has 0 spiro atoms. The topological polar surface area (TPSA) is 78.4 Å². The van der Waals surface area contributed by atoms with Crippen molar-refractivity contribution in [3.63, 3.8) is 0 Å². The fourth-order valence-electron chi connectivity index (χ4n) is 2.07. The fourth-order valence-corrected chi connectivity index (χ4v) is 2.07. The molecule has 0 aliphatic rings. The van der Waals surface area contributed by atoms with Crippen LogP contribution >= 0.6 is 0 Å². The van der Waals surface area contributed by atoms with E-state index in [-0.39, 0.29) is 29.9 Å². The molecule has 0 aliphatic carbocycles. The lowest BCUT2D eigenvalue weighted by Crippen LogP contribution is -2.17. The Morgan fingerprint density at radius 2 is 1.86 bits per heavy atom. The average molecular weight is 304 g/mol. The molecule has 2 N–H and O–H groups in total. The molecule has 0 aliphatic heterocycles. The molecule has 6 heteroatoms. The van der Waals surface area contributed by atoms with Crippen molar-refractivity contribution in [2.45, 2.75) is 26.0 Å². The van der Waals surface area contributed by atoms with E-state index in [2.05, 4.69) is 0 Å². The van der Waals surface area contributed by atoms with Crippen molar-refractivity contribution >= 4 is 5.69 Å². The van der Waals surface area contributed by atoms with Crippen LogP contribution in [0.3, 0.4) is 0 Å². The van der Waals surface area contributed by atoms with Crippen molar-refractivity contribution in [1.82, 2.24) is 0 Å². The van der Waals surface area contributed by atoms with Gasteiger partial charge in [0.15, 0.2) is 5.75 Å². The van der Waals surface area contributed by atoms with Gasteiger partial charge in [-0.1, -0.05) is 18.2 Å². The monoisotopic (exact) mass is 304 g/mol. The SMILES string of the molecule is CC(N)Cc1ccc(OCc2ccc(F)cc2)c([N+](=O)[O-])c1. The van der Waals surface area contributed by atoms with Crippen molar-refractivity contribution < 1.29 is 14.1 Å². The molecule has 2 aromatic carbocycles. The Labute approximate surface area is 127 Å². The second kappa shape index (κ2) is 7.00. The predicted octanol–water partition coefficient (Wildman–Crippen LogP) is 3.20. The average Bonchev–Trinajstić information content (AvgIpc) is 2.46. The van der Waals surface area contributed by atoms with Crippen LogP contribution in [0.15, 0.2) is 42.5 Å². The van der Waals surface area contributed by atoms with Gasteiger partial charge in [0.25, 0.3) is 0 Å². The number of hydrogen-bond acceptors (Lipinski definition) is 4. The normalized spacial score (nSPS) is 12.0. The smallest absolute Gasteiger partial charge is 0.311 e. The van der Waals surface area contributed by atoms with E-state index in [0.29, 0.717) is 6.42 Å². The zero-order valence-corrected chi connectivity index (χ0v) is 12.2. The van der Waals surface area contributed by atoms with Crippen LogP contribution in [-0.2, 0) is 13.0 Å². The molecule has 116 valence electrons. The van der Waals surface area contributed by atoms with E-state index in [4.69, 9.17) is 10.5 Å². The summed E-state index contributed by atoms with van der Waals surface area (Å²) in [5, 5.41) is 11.2. The maximum absolute atomic E-state index is 12.8. The zero-order chi connectivity index (χ0) is 16.1. The van der Waals surface area contributed by atoms with E-state index >= 15 is 0 Å². The number of nitro groups is 1. The second-order valence-corrected chi connectivity index (χ2v) is 5.16. The number of hydrogen-bond donors (Lipinski definition) is 1. The number of nitrogens with zero attached hydrogens (tertiary/aromatic N) is 1. The Kier molecular flexibility index (Phi) is 5.06. The van der Waals surface area contributed by atoms with Gasteiger partial charge in [0.1, 0.15) is 12.4 Å². The first-order chi connectivity index (χ1) is 10.5. The third kappa shape index (κ3) is 4.26. The number of rotatable bonds is 6. The molecule has 22 heavy (non-hydrogen) atoms. The summed E-state index contributed by atoms with van der Waals surface area (Å²) >= 11 is 0. The summed E-state index contributed by atoms with van der Waals surface area (Å²) in [4.78, 5) is 10.7. The minimum absolute atomic E-state index is 0.0782. The van der Waals surface area contributed by atoms with Crippen molar-refractivity contribution in [2.75, 3.05) is 0 Å². The van der Waals surface area contributed by atoms with Crippen molar-refractivity contribution in [3.8, 4) is 5.75 Å². The Balaban J connectivity index is 2.15. The first-order valence-corrected chi connectivity index (χ1v) is 6.86. The molecule has 0 amide bonds. The van der Waals surface area contributed by atoms with Gasteiger partial charge in [0.05, 0.1) is 4.92 Å². The molecule has 0 fully saturated rings. The van der Waals surface area contributed by atoms with Gasteiger partial charge in [-0.05, 0) is 42.7 Å². The van der Waals surface area contributed by atoms with Crippen molar-refractivity contribution in [2.24, 2.45) is 5.73 Å². The lowest BCUT2D eigenvalue weighted by molar-refractivity contribution is -0.386. The molecule has 1 unspecified atom stereocenters. The molecular weight excluding hydrogens is 287 g/mol. The quantitative estimate of drug-likeness (QED) is 0.656. The summed E-state index contributed by atoms with van der Waals surface area (Å²) in [5.41, 5.74) is 7.13. The maximum atomic E-state index is 12.8. The van der Waals surface area contributed by atoms with Crippen molar-refractivity contribution in [3.05, 3.63) is 69.5 Å². The van der Waals surface area contributed by atoms with Crippen LogP contribution in [0.1, 0.15) is 18.1 Å². The van der Waals surface area contributed by atoms with Gasteiger partial charge < -0.3 is 10.5 Å². The van der Waals surface area contributed by atoms with E-state index in [1.54, 1.807) is 24.3 Å². The predicted molar refractivity (Wildman–Crippen MR) is 81.2 cm³/mol. The van der Waals surface area contributed by atoms with Crippen LogP contribution in [0.2, 0.25) is 0 Å². The highest BCUT2D eigenvalue weighted by Gasteiger charge is 2.16. The largest absolute Gasteiger partial charge is 0.482 e. The molecule has 0 bridgehead atoms. The molecule has 0 saturated heterocycles. The van der Waals surface area contributed by atoms with E-state index in [9.17, 15) is 14.5 Å². The number of nitrogens with two attached hydrogens (primary N) is 1. The summed E-state index contributed by atoms with van der Waals surface area (Å²) in [6.07, 6.45) is 0.555. The van der Waals surface area contributed by atoms with Crippen LogP contribution in [-0.4, -0.2) is 11.0 Å². The summed E-state index contributed by atoms with van der Waals surface area (Å²) in [7, 11) is 0. The van der Waals surface area contributed by atoms with Gasteiger partial charge in [0, 0.05) is 12.1 Å². The highest BCUT2D eigenvalue weighted by Crippen LogP contribution is 2.29. The van der Waals surface area contributed by atoms with Crippen LogP contribution < -0.4 is 10.5 Å². The van der Waals surface area contributed by atoms with Gasteiger partial charge in [0.2, 0.25) is 0 Å². The molecule has 2 rings (SSSR count). The lowest BCUT2D eigenvalue weighted by atomic mass is 10.1. The third-order valence-electron chi connectivity index (χ3n) is 3.09. The van der Waals surface area contributed by atoms with E-state index in [1.807, 2.05) is 6.92 Å². The Bertz CT molecular complexity index is 657. The van der Waals surface area contributed by atoms with Crippen LogP contribution in [0.25, 0.3) is 0 Å². The van der Waals surface area contributed by atoms with E-state index < -0.39 is 4.92 Å². The number of halogens is 1. The van der Waals surface area contributed by atoms with Gasteiger partial charge in [-0.25, -0.2) is 4.39 Å². The minimum atomic E-state index is -0.481. The first-order valence-electron chi connectivity index (χ1n) is 6.86. The Hall–Kier alpha value is -2.47. The van der Waals surface area contributed by atoms with Gasteiger partial charge in [-0.3, -0.25) is 10.1 Å². The summed E-state index contributed by atoms with van der Waals surface area (Å²) in [6, 6.07) is 10.5. The Morgan fingerprint density at radius 3 is 2.45 bits per heavy atom. The standard InChI is InChI=1S/C16H17FN2O3/c1-11(18)8-13-4-7-16(15(9-13)19(20)21)22-10-12-2-5-14(17)6-3-12/h2-7,9,11H,8,10,18H2,1H3. The van der Waals surface area contributed by atoms with Crippen molar-refractivity contribution in [1.29, 1.82) is 0 Å². The van der Waals surface area contributed by atoms with E-state index in [1.165, 1.54) is 18.2 Å². The minimum Gasteiger partial charge on any atom is -0.482 e. The Morgan fingerprint density at radius 1 is 1.23 bits per heavy atom. The second-order valence-electron chi connectivity index (χ2n) is 5.16. The zero-order valence-electron chi connectivity index (χ0n) is 12.2. The maximum Gasteiger partial charge on any atom is 0.311 e. The molecule has 1 atom stereocenters. The summed E-state index contributed by atoms with van der Waals surface area (Å²) in [6.45, 7) is 1.97. The molecule has 0 aromatic heterocycles. The van der Waals surface area contributed by atoms with E-state index in [0.717, 1.165) is 11.1 Å². The van der Waals surface area contributed by atoms with Gasteiger partial charge in [-0.2, -0.15) is 0 Å². The third-order valence-corrected chi connectivity index (χ3v) is 3.09. The number of nitro benzene ring substituents is 1. The fraction of sp³-hybridized carbons (Fsp3) is 0.250. The molecule has 0 heterocycles. The molecule has 0 radical (unpaired) electrons. The molecular formula is C16H17FN2O3. The molecule has 2 aromatic rings. The highest BCUT2D eigenvalue weighted by atomic mass is 19.1. The van der Waals surface area contributed by atoms with Crippen LogP contribution in [0.5, 0.6) is 5.75 Å². The van der Waals surface area contributed by atoms with Gasteiger partial charge >= 0.3 is 5.69 Å². The molecule has 5 nitrogen and oxygen atoms in total. The lowest BCUT2D eigenvalue weighted by Gasteiger charge is -2.09. The number of ether oxygens (including phenoxy) is 1. The van der Waals surface area contributed by atoms with Crippen LogP contribution in [0, 0.1) is 15.9 Å². The highest BCUT2D eigenvalue weighted by molar-refractivity contribution is 5.49. The first kappa shape index (κ1) is 15.9.